The summed E-state index contributed by atoms with van der Waals surface area (Å²) in [6.07, 6.45) is 20.5. The number of alkyl halides is 1. The Hall–Kier alpha value is -1.02. The van der Waals surface area contributed by atoms with Crippen LogP contribution in [0, 0.1) is 0 Å². The van der Waals surface area contributed by atoms with Crippen molar-refractivity contribution in [3.63, 3.8) is 0 Å². The van der Waals surface area contributed by atoms with E-state index in [1.54, 1.807) is 6.08 Å². The van der Waals surface area contributed by atoms with Gasteiger partial charge < -0.3 is 24.8 Å². The Bertz CT molecular complexity index is 730. The van der Waals surface area contributed by atoms with Gasteiger partial charge in [0.05, 0.1) is 30.5 Å². The van der Waals surface area contributed by atoms with E-state index in [2.05, 4.69) is 6.92 Å². The number of esters is 1. The lowest BCUT2D eigenvalue weighted by Crippen LogP contribution is -2.29. The van der Waals surface area contributed by atoms with Crippen LogP contribution in [-0.4, -0.2) is 64.1 Å². The molecule has 1 fully saturated rings. The molecule has 0 aliphatic carbocycles. The summed E-state index contributed by atoms with van der Waals surface area (Å²) in [7, 11) is 0. The number of unbranched alkanes of at least 4 members (excludes halogenated alkanes) is 13. The lowest BCUT2D eigenvalue weighted by Gasteiger charge is -2.21. The third-order valence-electron chi connectivity index (χ3n) is 9.09. The number of halogens is 1. The molecule has 0 aromatic rings. The number of hydrogen-bond acceptors (Lipinski definition) is 6. The number of aliphatic hydroxyl groups is 3. The summed E-state index contributed by atoms with van der Waals surface area (Å²) in [6.45, 7) is 4.06. The van der Waals surface area contributed by atoms with Crippen molar-refractivity contribution in [3.05, 3.63) is 11.6 Å². The summed E-state index contributed by atoms with van der Waals surface area (Å²) in [5.41, 5.74) is 0.594. The Morgan fingerprint density at radius 3 is 2.02 bits per heavy atom. The second-order valence-electron chi connectivity index (χ2n) is 13.1. The molecule has 2 aliphatic heterocycles. The Kier molecular flexibility index (Phi) is 19.9. The van der Waals surface area contributed by atoms with Gasteiger partial charge in [-0.1, -0.05) is 103 Å². The van der Waals surface area contributed by atoms with Gasteiger partial charge in [0.25, 0.3) is 0 Å². The zero-order valence-corrected chi connectivity index (χ0v) is 26.8. The molecule has 0 saturated carbocycles. The molecule has 1 unspecified atom stereocenters. The molecule has 1 saturated heterocycles. The summed E-state index contributed by atoms with van der Waals surface area (Å²) in [5.74, 6) is -0.300. The Morgan fingerprint density at radius 2 is 1.40 bits per heavy atom. The quantitative estimate of drug-likeness (QED) is 0.0690. The van der Waals surface area contributed by atoms with Gasteiger partial charge in [0.15, 0.2) is 0 Å². The lowest BCUT2D eigenvalue weighted by molar-refractivity contribution is -0.139. The van der Waals surface area contributed by atoms with Crippen LogP contribution in [0.4, 0.5) is 4.39 Å². The van der Waals surface area contributed by atoms with E-state index in [4.69, 9.17) is 9.47 Å². The van der Waals surface area contributed by atoms with Gasteiger partial charge in [0.2, 0.25) is 0 Å². The highest BCUT2D eigenvalue weighted by Crippen LogP contribution is 2.28. The molecule has 0 amide bonds. The highest BCUT2D eigenvalue weighted by Gasteiger charge is 2.31. The summed E-state index contributed by atoms with van der Waals surface area (Å²) in [5, 5.41) is 31.0. The molecular weight excluding hydrogens is 534 g/mol. The van der Waals surface area contributed by atoms with Crippen LogP contribution in [0.5, 0.6) is 0 Å². The van der Waals surface area contributed by atoms with Gasteiger partial charge in [-0.25, -0.2) is 9.18 Å². The van der Waals surface area contributed by atoms with Crippen LogP contribution in [-0.2, 0) is 14.3 Å². The molecule has 6 nitrogen and oxygen atoms in total. The minimum Gasteiger partial charge on any atom is -0.455 e. The third-order valence-corrected chi connectivity index (χ3v) is 9.09. The van der Waals surface area contributed by atoms with E-state index in [0.29, 0.717) is 31.3 Å². The average Bonchev–Trinajstić information content (AvgIpc) is 3.57. The van der Waals surface area contributed by atoms with Gasteiger partial charge >= 0.3 is 5.97 Å². The van der Waals surface area contributed by atoms with Crippen molar-refractivity contribution in [1.29, 1.82) is 0 Å². The number of rotatable bonds is 26. The van der Waals surface area contributed by atoms with E-state index < -0.39 is 24.5 Å². The molecule has 7 atom stereocenters. The van der Waals surface area contributed by atoms with Crippen molar-refractivity contribution in [1.82, 2.24) is 0 Å². The highest BCUT2D eigenvalue weighted by atomic mass is 18.2. The maximum Gasteiger partial charge on any atom is 0.334 e. The lowest BCUT2D eigenvalue weighted by atomic mass is 9.98. The Labute approximate surface area is 255 Å². The molecule has 246 valence electrons. The minimum absolute atomic E-state index is 0.163. The monoisotopic (exact) mass is 597 g/mol. The maximum atomic E-state index is 14.5. The predicted molar refractivity (Wildman–Crippen MR) is 167 cm³/mol. The van der Waals surface area contributed by atoms with Gasteiger partial charge in [0, 0.05) is 12.0 Å². The second-order valence-corrected chi connectivity index (χ2v) is 13.1. The molecule has 0 spiro atoms. The zero-order chi connectivity index (χ0) is 30.6. The number of aliphatic hydroxyl groups excluding tert-OH is 3. The molecule has 0 radical (unpaired) electrons. The second kappa shape index (κ2) is 22.5. The van der Waals surface area contributed by atoms with Crippen LogP contribution in [0.3, 0.4) is 0 Å². The molecule has 0 aromatic heterocycles. The fraction of sp³-hybridized carbons (Fsp3) is 0.914. The standard InChI is InChI=1S/C35H63FO6/c1-3-4-5-6-7-8-9-10-14-17-20-32(38)31(36)22-23-33(39)34-24-21-30(42-34)19-16-13-11-12-15-18-29(37)26-28-25-27(2)41-35(28)40/h25,27,29-34,37-39H,3-24,26H2,1-2H3/t27-,29+,30+,31?,32+,33-,34-/m0/s1/i36-1. The number of hydrogen-bond donors (Lipinski definition) is 3. The van der Waals surface area contributed by atoms with Gasteiger partial charge in [-0.05, 0) is 57.9 Å². The topological polar surface area (TPSA) is 96.2 Å². The molecule has 7 heteroatoms. The Balaban J connectivity index is 1.42. The van der Waals surface area contributed by atoms with E-state index in [0.717, 1.165) is 64.2 Å². The smallest absolute Gasteiger partial charge is 0.334 e. The number of carbonyl (C=O) groups excluding carboxylic acids is 1. The fourth-order valence-corrected chi connectivity index (χ4v) is 6.38. The molecular formula is C35H63FO6. The van der Waals surface area contributed by atoms with E-state index in [1.165, 1.54) is 51.4 Å². The van der Waals surface area contributed by atoms with Crippen molar-refractivity contribution in [3.8, 4) is 0 Å². The maximum absolute atomic E-state index is 14.5. The predicted octanol–water partition coefficient (Wildman–Crippen LogP) is 8.04. The number of cyclic esters (lactones) is 1. The first kappa shape index (κ1) is 37.2. The molecule has 3 N–H and O–H groups in total. The fourth-order valence-electron chi connectivity index (χ4n) is 6.38. The van der Waals surface area contributed by atoms with E-state index >= 15 is 0 Å². The van der Waals surface area contributed by atoms with Crippen LogP contribution in [0.25, 0.3) is 0 Å². The van der Waals surface area contributed by atoms with Crippen LogP contribution < -0.4 is 0 Å². The van der Waals surface area contributed by atoms with E-state index in [-0.39, 0.29) is 30.7 Å². The average molecular weight is 598 g/mol. The van der Waals surface area contributed by atoms with Crippen molar-refractivity contribution >= 4 is 5.97 Å². The van der Waals surface area contributed by atoms with Gasteiger partial charge in [-0.15, -0.1) is 0 Å². The van der Waals surface area contributed by atoms with Crippen molar-refractivity contribution in [2.45, 2.75) is 204 Å². The minimum atomic E-state index is -1.28. The van der Waals surface area contributed by atoms with E-state index in [9.17, 15) is 24.5 Å². The highest BCUT2D eigenvalue weighted by molar-refractivity contribution is 5.90. The number of ether oxygens (including phenoxy) is 2. The van der Waals surface area contributed by atoms with E-state index in [1.807, 2.05) is 6.92 Å². The van der Waals surface area contributed by atoms with Crippen molar-refractivity contribution < 1.29 is 34.0 Å². The molecule has 2 heterocycles. The normalized spacial score (nSPS) is 23.5. The summed E-state index contributed by atoms with van der Waals surface area (Å²) < 4.78 is 25.7. The zero-order valence-electron chi connectivity index (χ0n) is 26.8. The van der Waals surface area contributed by atoms with Gasteiger partial charge in [-0.3, -0.25) is 0 Å². The molecule has 0 aromatic carbocycles. The summed E-state index contributed by atoms with van der Waals surface area (Å²) >= 11 is 0. The van der Waals surface area contributed by atoms with Crippen LogP contribution >= 0.6 is 0 Å². The van der Waals surface area contributed by atoms with Gasteiger partial charge in [0.1, 0.15) is 12.3 Å². The summed E-state index contributed by atoms with van der Waals surface area (Å²) in [6, 6.07) is 0. The SMILES string of the molecule is CCCCCCCCCCCC[C@@H](O)C([18F])CC[C@H](O)[C@@H]1CC[C@@H](CCCCCCC[C@@H](O)CC2=C[C@H](C)OC2=O)O1. The third kappa shape index (κ3) is 16.2. The molecule has 2 rings (SSSR count). The summed E-state index contributed by atoms with van der Waals surface area (Å²) in [4.78, 5) is 11.7. The largest absolute Gasteiger partial charge is 0.455 e. The van der Waals surface area contributed by atoms with Gasteiger partial charge in [-0.2, -0.15) is 0 Å². The Morgan fingerprint density at radius 1 is 0.810 bits per heavy atom. The molecule has 42 heavy (non-hydrogen) atoms. The number of carbonyl (C=O) groups is 1. The van der Waals surface area contributed by atoms with Crippen molar-refractivity contribution in [2.24, 2.45) is 0 Å². The van der Waals surface area contributed by atoms with Crippen LogP contribution in [0.15, 0.2) is 11.6 Å². The van der Waals surface area contributed by atoms with Crippen LogP contribution in [0.1, 0.15) is 162 Å². The molecule has 2 aliphatic rings. The first-order valence-corrected chi connectivity index (χ1v) is 17.6. The first-order chi connectivity index (χ1) is 20.3. The first-order valence-electron chi connectivity index (χ1n) is 17.6. The van der Waals surface area contributed by atoms with Crippen molar-refractivity contribution in [2.75, 3.05) is 0 Å². The molecule has 0 bridgehead atoms. The van der Waals surface area contributed by atoms with Crippen LogP contribution in [0.2, 0.25) is 0 Å².